The van der Waals surface area contributed by atoms with Gasteiger partial charge in [0.2, 0.25) is 0 Å². The Morgan fingerprint density at radius 1 is 1.36 bits per heavy atom. The van der Waals surface area contributed by atoms with Crippen molar-refractivity contribution in [1.29, 1.82) is 0 Å². The van der Waals surface area contributed by atoms with Crippen molar-refractivity contribution in [3.63, 3.8) is 0 Å². The molecule has 0 aliphatic carbocycles. The summed E-state index contributed by atoms with van der Waals surface area (Å²) in [5.41, 5.74) is 2.06. The van der Waals surface area contributed by atoms with Crippen molar-refractivity contribution in [3.05, 3.63) is 36.4 Å². The minimum atomic E-state index is 0.160. The molecule has 0 aliphatic heterocycles. The van der Waals surface area contributed by atoms with Gasteiger partial charge in [-0.3, -0.25) is 5.01 Å². The minimum absolute atomic E-state index is 0.160. The van der Waals surface area contributed by atoms with E-state index in [9.17, 15) is 0 Å². The van der Waals surface area contributed by atoms with E-state index < -0.39 is 0 Å². The summed E-state index contributed by atoms with van der Waals surface area (Å²) in [7, 11) is 3.61. The summed E-state index contributed by atoms with van der Waals surface area (Å²) in [4.78, 5) is 0. The van der Waals surface area contributed by atoms with E-state index in [0.29, 0.717) is 0 Å². The summed E-state index contributed by atoms with van der Waals surface area (Å²) in [5, 5.41) is 13.7. The van der Waals surface area contributed by atoms with Crippen LogP contribution in [0.2, 0.25) is 0 Å². The number of ether oxygens (including phenoxy) is 1. The number of anilines is 1. The highest BCUT2D eigenvalue weighted by molar-refractivity contribution is 5.57. The predicted molar refractivity (Wildman–Crippen MR) is 92.5 cm³/mol. The maximum absolute atomic E-state index is 5.38. The summed E-state index contributed by atoms with van der Waals surface area (Å²) >= 11 is 0. The quantitative estimate of drug-likeness (QED) is 0.423. The molecular formula is C17H28N4O. The van der Waals surface area contributed by atoms with Gasteiger partial charge in [-0.1, -0.05) is 29.5 Å². The van der Waals surface area contributed by atoms with Crippen molar-refractivity contribution in [2.24, 2.45) is 10.3 Å². The molecule has 1 atom stereocenters. The molecule has 0 amide bonds. The molecule has 1 rings (SSSR count). The van der Waals surface area contributed by atoms with E-state index in [1.165, 1.54) is 0 Å². The Balaban J connectivity index is 2.65. The Morgan fingerprint density at radius 3 is 2.64 bits per heavy atom. The van der Waals surface area contributed by atoms with E-state index in [0.717, 1.165) is 30.0 Å². The molecule has 0 radical (unpaired) electrons. The third kappa shape index (κ3) is 6.16. The molecule has 122 valence electrons. The molecule has 1 aromatic rings. The molecule has 0 aliphatic rings. The zero-order chi connectivity index (χ0) is 16.5. The van der Waals surface area contributed by atoms with Gasteiger partial charge in [0.05, 0.1) is 18.8 Å². The smallest absolute Gasteiger partial charge is 0.141 e. The number of hydrogen-bond donors (Lipinski definition) is 1. The average Bonchev–Trinajstić information content (AvgIpc) is 2.49. The summed E-state index contributed by atoms with van der Waals surface area (Å²) in [6.45, 7) is 10.9. The average molecular weight is 304 g/mol. The number of hydrogen-bond acceptors (Lipinski definition) is 4. The molecule has 0 fully saturated rings. The Kier molecular flexibility index (Phi) is 7.43. The zero-order valence-corrected chi connectivity index (χ0v) is 14.3. The number of rotatable bonds is 9. The lowest BCUT2D eigenvalue weighted by atomic mass is 10.1. The van der Waals surface area contributed by atoms with Crippen molar-refractivity contribution in [2.45, 2.75) is 39.3 Å². The second-order valence-corrected chi connectivity index (χ2v) is 5.71. The van der Waals surface area contributed by atoms with Crippen molar-refractivity contribution < 1.29 is 4.74 Å². The highest BCUT2D eigenvalue weighted by Crippen LogP contribution is 2.25. The van der Waals surface area contributed by atoms with Crippen LogP contribution in [0.3, 0.4) is 0 Å². The maximum Gasteiger partial charge on any atom is 0.141 e. The third-order valence-corrected chi connectivity index (χ3v) is 3.21. The molecule has 0 heterocycles. The van der Waals surface area contributed by atoms with Crippen LogP contribution >= 0.6 is 0 Å². The van der Waals surface area contributed by atoms with E-state index in [1.54, 1.807) is 7.11 Å². The van der Waals surface area contributed by atoms with E-state index in [1.807, 2.05) is 57.1 Å². The Morgan fingerprint density at radius 2 is 2.05 bits per heavy atom. The monoisotopic (exact) mass is 304 g/mol. The van der Waals surface area contributed by atoms with Gasteiger partial charge in [0.25, 0.3) is 0 Å². The van der Waals surface area contributed by atoms with Crippen LogP contribution in [0.4, 0.5) is 5.69 Å². The van der Waals surface area contributed by atoms with Crippen LogP contribution in [0.15, 0.2) is 46.8 Å². The van der Waals surface area contributed by atoms with Crippen molar-refractivity contribution in [2.75, 3.05) is 26.0 Å². The first kappa shape index (κ1) is 18.0. The Bertz CT molecular complexity index is 499. The topological polar surface area (TPSA) is 49.2 Å². The molecule has 5 heteroatoms. The van der Waals surface area contributed by atoms with Gasteiger partial charge < -0.3 is 10.1 Å². The van der Waals surface area contributed by atoms with E-state index in [4.69, 9.17) is 4.74 Å². The van der Waals surface area contributed by atoms with Gasteiger partial charge in [-0.05, 0) is 39.3 Å². The highest BCUT2D eigenvalue weighted by atomic mass is 16.5. The second-order valence-electron chi connectivity index (χ2n) is 5.71. The van der Waals surface area contributed by atoms with Crippen LogP contribution < -0.4 is 10.1 Å². The SMILES string of the molecule is C=C(C)C(CCN(C)/N=N\C(C)C)Nc1ccccc1OC. The lowest BCUT2D eigenvalue weighted by Crippen LogP contribution is -2.26. The van der Waals surface area contributed by atoms with Crippen LogP contribution in [0, 0.1) is 0 Å². The summed E-state index contributed by atoms with van der Waals surface area (Å²) in [6.07, 6.45) is 0.890. The third-order valence-electron chi connectivity index (χ3n) is 3.21. The first-order valence-electron chi connectivity index (χ1n) is 7.61. The predicted octanol–water partition coefficient (Wildman–Crippen LogP) is 4.15. The van der Waals surface area contributed by atoms with Crippen LogP contribution in [-0.4, -0.2) is 37.8 Å². The molecule has 22 heavy (non-hydrogen) atoms. The first-order valence-corrected chi connectivity index (χ1v) is 7.61. The number of methoxy groups -OCH3 is 1. The lowest BCUT2D eigenvalue weighted by molar-refractivity contribution is 0.312. The first-order chi connectivity index (χ1) is 10.4. The minimum Gasteiger partial charge on any atom is -0.495 e. The number of para-hydroxylation sites is 2. The van der Waals surface area contributed by atoms with Crippen LogP contribution in [0.1, 0.15) is 27.2 Å². The molecule has 0 bridgehead atoms. The largest absolute Gasteiger partial charge is 0.495 e. The number of nitrogens with zero attached hydrogens (tertiary/aromatic N) is 3. The fourth-order valence-electron chi connectivity index (χ4n) is 1.95. The van der Waals surface area contributed by atoms with Gasteiger partial charge in [0.15, 0.2) is 0 Å². The molecule has 1 aromatic carbocycles. The molecular weight excluding hydrogens is 276 g/mol. The van der Waals surface area contributed by atoms with Gasteiger partial charge in [0.1, 0.15) is 5.75 Å². The molecule has 1 unspecified atom stereocenters. The molecule has 5 nitrogen and oxygen atoms in total. The van der Waals surface area contributed by atoms with Crippen molar-refractivity contribution in [3.8, 4) is 5.75 Å². The molecule has 0 saturated carbocycles. The second kappa shape index (κ2) is 9.07. The number of benzene rings is 1. The van der Waals surface area contributed by atoms with Gasteiger partial charge in [-0.15, -0.1) is 0 Å². The number of nitrogens with one attached hydrogen (secondary N) is 1. The van der Waals surface area contributed by atoms with Crippen molar-refractivity contribution >= 4 is 5.69 Å². The van der Waals surface area contributed by atoms with Gasteiger partial charge in [0, 0.05) is 19.6 Å². The fraction of sp³-hybridized carbons (Fsp3) is 0.529. The Labute approximate surface area is 134 Å². The molecule has 1 N–H and O–H groups in total. The Hall–Kier alpha value is -2.04. The van der Waals surface area contributed by atoms with Gasteiger partial charge in [-0.25, -0.2) is 0 Å². The van der Waals surface area contributed by atoms with Crippen LogP contribution in [0.25, 0.3) is 0 Å². The van der Waals surface area contributed by atoms with Crippen LogP contribution in [-0.2, 0) is 0 Å². The standard InChI is InChI=1S/C17H28N4O/c1-13(2)15(11-12-21(5)20-19-14(3)4)18-16-9-7-8-10-17(16)22-6/h7-10,14-15,18H,1,11-12H2,2-6H3/b20-19-. The van der Waals surface area contributed by atoms with Crippen molar-refractivity contribution in [1.82, 2.24) is 5.01 Å². The summed E-state index contributed by atoms with van der Waals surface area (Å²) in [6, 6.07) is 8.28. The van der Waals surface area contributed by atoms with E-state index in [2.05, 4.69) is 22.2 Å². The fourth-order valence-corrected chi connectivity index (χ4v) is 1.95. The van der Waals surface area contributed by atoms with Gasteiger partial charge in [-0.2, -0.15) is 5.11 Å². The lowest BCUT2D eigenvalue weighted by Gasteiger charge is -2.23. The molecule has 0 saturated heterocycles. The molecule has 0 spiro atoms. The molecule has 0 aromatic heterocycles. The zero-order valence-electron chi connectivity index (χ0n) is 14.3. The normalized spacial score (nSPS) is 12.5. The summed E-state index contributed by atoms with van der Waals surface area (Å²) < 4.78 is 5.38. The van der Waals surface area contributed by atoms with Gasteiger partial charge >= 0.3 is 0 Å². The highest BCUT2D eigenvalue weighted by Gasteiger charge is 2.12. The van der Waals surface area contributed by atoms with Crippen LogP contribution in [0.5, 0.6) is 5.75 Å². The maximum atomic E-state index is 5.38. The van der Waals surface area contributed by atoms with E-state index >= 15 is 0 Å². The summed E-state index contributed by atoms with van der Waals surface area (Å²) in [5.74, 6) is 0.835. The van der Waals surface area contributed by atoms with E-state index in [-0.39, 0.29) is 12.1 Å².